The van der Waals surface area contributed by atoms with Crippen molar-refractivity contribution < 1.29 is 4.74 Å². The van der Waals surface area contributed by atoms with Gasteiger partial charge in [-0.3, -0.25) is 0 Å². The maximum absolute atomic E-state index is 6.09. The summed E-state index contributed by atoms with van der Waals surface area (Å²) in [6.45, 7) is 3.01. The molecule has 19 heavy (non-hydrogen) atoms. The van der Waals surface area contributed by atoms with Crippen LogP contribution in [0.2, 0.25) is 5.02 Å². The Morgan fingerprint density at radius 2 is 2.11 bits per heavy atom. The molecule has 1 spiro atoms. The van der Waals surface area contributed by atoms with Gasteiger partial charge >= 0.3 is 0 Å². The van der Waals surface area contributed by atoms with Crippen molar-refractivity contribution in [3.05, 3.63) is 28.8 Å². The van der Waals surface area contributed by atoms with Gasteiger partial charge in [-0.05, 0) is 50.3 Å². The van der Waals surface area contributed by atoms with E-state index in [4.69, 9.17) is 16.3 Å². The number of rotatable bonds is 2. The zero-order valence-corrected chi connectivity index (χ0v) is 12.3. The highest BCUT2D eigenvalue weighted by atomic mass is 35.5. The summed E-state index contributed by atoms with van der Waals surface area (Å²) in [7, 11) is 0. The topological polar surface area (TPSA) is 21.3 Å². The summed E-state index contributed by atoms with van der Waals surface area (Å²) in [5.74, 6) is 0. The largest absolute Gasteiger partial charge is 0.382 e. The van der Waals surface area contributed by atoms with Crippen LogP contribution in [0.1, 0.15) is 44.1 Å². The van der Waals surface area contributed by atoms with Crippen LogP contribution < -0.4 is 5.32 Å². The first kappa shape index (κ1) is 13.3. The molecule has 3 heteroatoms. The summed E-state index contributed by atoms with van der Waals surface area (Å²) < 4.78 is 6.08. The number of anilines is 1. The maximum atomic E-state index is 6.09. The van der Waals surface area contributed by atoms with E-state index < -0.39 is 0 Å². The van der Waals surface area contributed by atoms with Crippen LogP contribution in [0.25, 0.3) is 0 Å². The zero-order valence-electron chi connectivity index (χ0n) is 11.5. The third-order valence-corrected chi connectivity index (χ3v) is 4.80. The molecular weight excluding hydrogens is 258 g/mol. The summed E-state index contributed by atoms with van der Waals surface area (Å²) in [6, 6.07) is 6.58. The van der Waals surface area contributed by atoms with E-state index in [9.17, 15) is 0 Å². The van der Waals surface area contributed by atoms with Crippen molar-refractivity contribution in [3.63, 3.8) is 0 Å². The maximum Gasteiger partial charge on any atom is 0.0702 e. The molecule has 1 heterocycles. The number of aryl methyl sites for hydroxylation is 1. The van der Waals surface area contributed by atoms with Crippen molar-refractivity contribution >= 4 is 17.3 Å². The quantitative estimate of drug-likeness (QED) is 0.857. The first-order valence-electron chi connectivity index (χ1n) is 7.34. The molecule has 104 valence electrons. The number of nitrogens with one attached hydrogen (secondary N) is 1. The Kier molecular flexibility index (Phi) is 3.72. The number of ether oxygens (including phenoxy) is 1. The van der Waals surface area contributed by atoms with Crippen molar-refractivity contribution in [2.24, 2.45) is 0 Å². The molecule has 1 unspecified atom stereocenters. The molecule has 1 aromatic rings. The van der Waals surface area contributed by atoms with Crippen LogP contribution in [0.5, 0.6) is 0 Å². The van der Waals surface area contributed by atoms with Gasteiger partial charge in [-0.25, -0.2) is 0 Å². The van der Waals surface area contributed by atoms with Gasteiger partial charge in [-0.1, -0.05) is 30.5 Å². The molecule has 0 bridgehead atoms. The van der Waals surface area contributed by atoms with Gasteiger partial charge in [0, 0.05) is 23.4 Å². The highest BCUT2D eigenvalue weighted by molar-refractivity contribution is 6.30. The van der Waals surface area contributed by atoms with Gasteiger partial charge in [0.2, 0.25) is 0 Å². The van der Waals surface area contributed by atoms with E-state index in [1.807, 2.05) is 12.1 Å². The Morgan fingerprint density at radius 3 is 2.89 bits per heavy atom. The average molecular weight is 280 g/mol. The Labute approximate surface area is 120 Å². The smallest absolute Gasteiger partial charge is 0.0702 e. The van der Waals surface area contributed by atoms with E-state index in [1.165, 1.54) is 36.9 Å². The lowest BCUT2D eigenvalue weighted by atomic mass is 9.88. The van der Waals surface area contributed by atoms with Gasteiger partial charge in [-0.2, -0.15) is 0 Å². The molecule has 2 fully saturated rings. The fraction of sp³-hybridized carbons (Fsp3) is 0.625. The van der Waals surface area contributed by atoms with Gasteiger partial charge in [0.05, 0.1) is 5.60 Å². The SMILES string of the molecule is Cc1ccc(Cl)cc1NC1CCOC2(CCCC2)C1. The molecule has 1 atom stereocenters. The lowest BCUT2D eigenvalue weighted by molar-refractivity contribution is -0.0767. The molecule has 1 aliphatic heterocycles. The van der Waals surface area contributed by atoms with Gasteiger partial charge in [0.1, 0.15) is 0 Å². The molecule has 2 aliphatic rings. The second kappa shape index (κ2) is 5.34. The van der Waals surface area contributed by atoms with Crippen LogP contribution in [0, 0.1) is 6.92 Å². The summed E-state index contributed by atoms with van der Waals surface area (Å²) in [5, 5.41) is 4.48. The Bertz CT molecular complexity index is 454. The predicted octanol–water partition coefficient (Wildman–Crippen LogP) is 4.55. The van der Waals surface area contributed by atoms with E-state index in [-0.39, 0.29) is 5.60 Å². The normalized spacial score (nSPS) is 25.7. The molecule has 3 rings (SSSR count). The molecule has 1 aliphatic carbocycles. The summed E-state index contributed by atoms with van der Waals surface area (Å²) in [4.78, 5) is 0. The molecule has 1 aromatic carbocycles. The molecule has 1 saturated heterocycles. The minimum Gasteiger partial charge on any atom is -0.382 e. The van der Waals surface area contributed by atoms with Gasteiger partial charge < -0.3 is 10.1 Å². The Hall–Kier alpha value is -0.730. The first-order chi connectivity index (χ1) is 9.17. The number of hydrogen-bond donors (Lipinski definition) is 1. The van der Waals surface area contributed by atoms with E-state index in [2.05, 4.69) is 18.3 Å². The third kappa shape index (κ3) is 2.90. The monoisotopic (exact) mass is 279 g/mol. The highest BCUT2D eigenvalue weighted by Crippen LogP contribution is 2.40. The molecule has 0 radical (unpaired) electrons. The van der Waals surface area contributed by atoms with E-state index in [1.54, 1.807) is 0 Å². The second-order valence-corrected chi connectivity index (χ2v) is 6.47. The molecule has 0 amide bonds. The van der Waals surface area contributed by atoms with Crippen LogP contribution >= 0.6 is 11.6 Å². The fourth-order valence-electron chi connectivity index (χ4n) is 3.49. The molecular formula is C16H22ClNO. The van der Waals surface area contributed by atoms with Gasteiger partial charge in [-0.15, -0.1) is 0 Å². The van der Waals surface area contributed by atoms with E-state index in [0.717, 1.165) is 24.5 Å². The van der Waals surface area contributed by atoms with Crippen molar-refractivity contribution in [1.29, 1.82) is 0 Å². The van der Waals surface area contributed by atoms with Crippen molar-refractivity contribution in [2.75, 3.05) is 11.9 Å². The number of benzene rings is 1. The standard InChI is InChI=1S/C16H22ClNO/c1-12-4-5-13(17)10-15(12)18-14-6-9-19-16(11-14)7-2-3-8-16/h4-5,10,14,18H,2-3,6-9,11H2,1H3. The van der Waals surface area contributed by atoms with Crippen LogP contribution in [0.3, 0.4) is 0 Å². The summed E-state index contributed by atoms with van der Waals surface area (Å²) in [6.07, 6.45) is 7.35. The second-order valence-electron chi connectivity index (χ2n) is 6.03. The lowest BCUT2D eigenvalue weighted by Gasteiger charge is -2.39. The van der Waals surface area contributed by atoms with Gasteiger partial charge in [0.25, 0.3) is 0 Å². The van der Waals surface area contributed by atoms with Crippen molar-refractivity contribution in [2.45, 2.75) is 57.1 Å². The van der Waals surface area contributed by atoms with Crippen LogP contribution in [0.15, 0.2) is 18.2 Å². The third-order valence-electron chi connectivity index (χ3n) is 4.57. The lowest BCUT2D eigenvalue weighted by Crippen LogP contribution is -2.42. The molecule has 1 N–H and O–H groups in total. The van der Waals surface area contributed by atoms with Crippen LogP contribution in [-0.4, -0.2) is 18.2 Å². The highest BCUT2D eigenvalue weighted by Gasteiger charge is 2.39. The predicted molar refractivity (Wildman–Crippen MR) is 80.0 cm³/mol. The van der Waals surface area contributed by atoms with Crippen molar-refractivity contribution in [1.82, 2.24) is 0 Å². The summed E-state index contributed by atoms with van der Waals surface area (Å²) in [5.41, 5.74) is 2.60. The van der Waals surface area contributed by atoms with E-state index in [0.29, 0.717) is 6.04 Å². The minimum atomic E-state index is 0.169. The van der Waals surface area contributed by atoms with E-state index >= 15 is 0 Å². The van der Waals surface area contributed by atoms with Gasteiger partial charge in [0.15, 0.2) is 0 Å². The Morgan fingerprint density at radius 1 is 1.32 bits per heavy atom. The van der Waals surface area contributed by atoms with Crippen molar-refractivity contribution in [3.8, 4) is 0 Å². The Balaban J connectivity index is 1.70. The fourth-order valence-corrected chi connectivity index (χ4v) is 3.66. The molecule has 0 aromatic heterocycles. The number of halogens is 1. The van der Waals surface area contributed by atoms with Crippen LogP contribution in [0.4, 0.5) is 5.69 Å². The van der Waals surface area contributed by atoms with Crippen LogP contribution in [-0.2, 0) is 4.74 Å². The average Bonchev–Trinajstić information content (AvgIpc) is 2.82. The zero-order chi connectivity index (χ0) is 13.3. The number of hydrogen-bond acceptors (Lipinski definition) is 2. The molecule has 2 nitrogen and oxygen atoms in total. The summed E-state index contributed by atoms with van der Waals surface area (Å²) >= 11 is 6.09. The first-order valence-corrected chi connectivity index (χ1v) is 7.71. The molecule has 1 saturated carbocycles. The minimum absolute atomic E-state index is 0.169.